The molecule has 1 aromatic carbocycles. The molecule has 1 N–H and O–H groups in total. The Morgan fingerprint density at radius 1 is 1.13 bits per heavy atom. The zero-order valence-corrected chi connectivity index (χ0v) is 13.0. The Balaban J connectivity index is 1.69. The minimum atomic E-state index is -0.261. The highest BCUT2D eigenvalue weighted by Gasteiger charge is 2.23. The molecular formula is C17H19N3O3. The van der Waals surface area contributed by atoms with Crippen LogP contribution >= 0.6 is 0 Å². The number of nitrogens with zero attached hydrogens (tertiary/aromatic N) is 2. The lowest BCUT2D eigenvalue weighted by atomic mass is 10.2. The molecule has 6 heteroatoms. The van der Waals surface area contributed by atoms with Crippen molar-refractivity contribution in [1.82, 2.24) is 9.88 Å². The molecule has 0 spiro atoms. The van der Waals surface area contributed by atoms with E-state index in [0.717, 1.165) is 24.5 Å². The number of amides is 1. The van der Waals surface area contributed by atoms with Crippen molar-refractivity contribution in [2.24, 2.45) is 0 Å². The molecule has 1 aromatic heterocycles. The molecule has 0 radical (unpaired) electrons. The summed E-state index contributed by atoms with van der Waals surface area (Å²) in [5.41, 5.74) is 1.21. The van der Waals surface area contributed by atoms with Crippen LogP contribution in [-0.4, -0.2) is 49.1 Å². The standard InChI is InChI=1S/C17H19N3O3/c1-23-15-5-3-2-4-14(15)19-8-10-20(11-9-19)17(22)13-6-7-18-16(21)12-13/h2-7,12H,8-11H2,1H3,(H,18,21). The molecule has 1 amide bonds. The predicted octanol–water partition coefficient (Wildman–Crippen LogP) is 1.35. The van der Waals surface area contributed by atoms with Gasteiger partial charge in [-0.2, -0.15) is 0 Å². The Hall–Kier alpha value is -2.76. The Kier molecular flexibility index (Phi) is 4.32. The van der Waals surface area contributed by atoms with E-state index in [2.05, 4.69) is 9.88 Å². The van der Waals surface area contributed by atoms with Crippen molar-refractivity contribution in [3.05, 3.63) is 58.5 Å². The number of anilines is 1. The molecule has 120 valence electrons. The fourth-order valence-corrected chi connectivity index (χ4v) is 2.80. The van der Waals surface area contributed by atoms with E-state index in [1.807, 2.05) is 24.3 Å². The van der Waals surface area contributed by atoms with Gasteiger partial charge in [0.25, 0.3) is 5.91 Å². The van der Waals surface area contributed by atoms with E-state index in [4.69, 9.17) is 4.74 Å². The summed E-state index contributed by atoms with van der Waals surface area (Å²) in [4.78, 5) is 30.3. The zero-order valence-electron chi connectivity index (χ0n) is 13.0. The average Bonchev–Trinajstić information content (AvgIpc) is 2.61. The van der Waals surface area contributed by atoms with Gasteiger partial charge in [0.2, 0.25) is 5.56 Å². The van der Waals surface area contributed by atoms with Crippen molar-refractivity contribution >= 4 is 11.6 Å². The van der Waals surface area contributed by atoms with E-state index in [0.29, 0.717) is 18.7 Å². The molecular weight excluding hydrogens is 294 g/mol. The number of methoxy groups -OCH3 is 1. The van der Waals surface area contributed by atoms with Crippen LogP contribution in [0.3, 0.4) is 0 Å². The maximum absolute atomic E-state index is 12.4. The lowest BCUT2D eigenvalue weighted by Crippen LogP contribution is -2.49. The third-order valence-electron chi connectivity index (χ3n) is 4.01. The monoisotopic (exact) mass is 313 g/mol. The average molecular weight is 313 g/mol. The van der Waals surface area contributed by atoms with Crippen molar-refractivity contribution < 1.29 is 9.53 Å². The maximum atomic E-state index is 12.4. The minimum Gasteiger partial charge on any atom is -0.495 e. The van der Waals surface area contributed by atoms with Crippen LogP contribution in [-0.2, 0) is 0 Å². The fraction of sp³-hybridized carbons (Fsp3) is 0.294. The Bertz CT molecular complexity index is 748. The normalized spacial score (nSPS) is 14.7. The number of nitrogens with one attached hydrogen (secondary N) is 1. The number of ether oxygens (including phenoxy) is 1. The molecule has 0 unspecified atom stereocenters. The second kappa shape index (κ2) is 6.56. The van der Waals surface area contributed by atoms with Crippen LogP contribution in [0.5, 0.6) is 5.75 Å². The summed E-state index contributed by atoms with van der Waals surface area (Å²) >= 11 is 0. The van der Waals surface area contributed by atoms with Gasteiger partial charge >= 0.3 is 0 Å². The summed E-state index contributed by atoms with van der Waals surface area (Å²) < 4.78 is 5.39. The molecule has 2 heterocycles. The largest absolute Gasteiger partial charge is 0.495 e. The molecule has 1 aliphatic heterocycles. The first-order chi connectivity index (χ1) is 11.2. The first-order valence-corrected chi connectivity index (χ1v) is 7.55. The van der Waals surface area contributed by atoms with Crippen LogP contribution in [0.15, 0.2) is 47.4 Å². The number of hydrogen-bond acceptors (Lipinski definition) is 4. The van der Waals surface area contributed by atoms with Gasteiger partial charge in [-0.1, -0.05) is 12.1 Å². The van der Waals surface area contributed by atoms with Gasteiger partial charge in [-0.05, 0) is 18.2 Å². The second-order valence-corrected chi connectivity index (χ2v) is 5.39. The molecule has 0 aliphatic carbocycles. The summed E-state index contributed by atoms with van der Waals surface area (Å²) in [6.45, 7) is 2.69. The van der Waals surface area contributed by atoms with Crippen molar-refractivity contribution in [2.45, 2.75) is 0 Å². The van der Waals surface area contributed by atoms with Gasteiger partial charge in [-0.3, -0.25) is 9.59 Å². The molecule has 1 aliphatic rings. The number of H-pyrrole nitrogens is 1. The molecule has 0 atom stereocenters. The second-order valence-electron chi connectivity index (χ2n) is 5.39. The summed E-state index contributed by atoms with van der Waals surface area (Å²) in [7, 11) is 1.66. The predicted molar refractivity (Wildman–Crippen MR) is 88.2 cm³/mol. The zero-order chi connectivity index (χ0) is 16.2. The Morgan fingerprint density at radius 3 is 2.57 bits per heavy atom. The molecule has 6 nitrogen and oxygen atoms in total. The molecule has 2 aromatic rings. The number of hydrogen-bond donors (Lipinski definition) is 1. The van der Waals surface area contributed by atoms with Crippen molar-refractivity contribution in [3.8, 4) is 5.75 Å². The first kappa shape index (κ1) is 15.1. The van der Waals surface area contributed by atoms with E-state index in [9.17, 15) is 9.59 Å². The van der Waals surface area contributed by atoms with Crippen LogP contribution < -0.4 is 15.2 Å². The van der Waals surface area contributed by atoms with E-state index in [1.54, 1.807) is 18.1 Å². The fourth-order valence-electron chi connectivity index (χ4n) is 2.80. The summed E-state index contributed by atoms with van der Waals surface area (Å²) in [5, 5.41) is 0. The van der Waals surface area contributed by atoms with Gasteiger partial charge in [-0.25, -0.2) is 0 Å². The number of piperazine rings is 1. The van der Waals surface area contributed by atoms with Crippen LogP contribution in [0, 0.1) is 0 Å². The van der Waals surface area contributed by atoms with Crippen LogP contribution in [0.4, 0.5) is 5.69 Å². The maximum Gasteiger partial charge on any atom is 0.254 e. The van der Waals surface area contributed by atoms with E-state index in [1.165, 1.54) is 12.3 Å². The van der Waals surface area contributed by atoms with Crippen molar-refractivity contribution in [1.29, 1.82) is 0 Å². The minimum absolute atomic E-state index is 0.101. The number of carbonyl (C=O) groups excluding carboxylic acids is 1. The molecule has 23 heavy (non-hydrogen) atoms. The van der Waals surface area contributed by atoms with Gasteiger partial charge in [0.05, 0.1) is 12.8 Å². The van der Waals surface area contributed by atoms with E-state index in [-0.39, 0.29) is 11.5 Å². The third-order valence-corrected chi connectivity index (χ3v) is 4.01. The number of carbonyl (C=O) groups is 1. The Morgan fingerprint density at radius 2 is 1.87 bits per heavy atom. The van der Waals surface area contributed by atoms with E-state index < -0.39 is 0 Å². The number of pyridine rings is 1. The van der Waals surface area contributed by atoms with Crippen molar-refractivity contribution in [2.75, 3.05) is 38.2 Å². The van der Waals surface area contributed by atoms with Gasteiger partial charge in [-0.15, -0.1) is 0 Å². The third kappa shape index (κ3) is 3.21. The Labute approximate surface area is 134 Å². The van der Waals surface area contributed by atoms with Gasteiger partial charge in [0.15, 0.2) is 0 Å². The van der Waals surface area contributed by atoms with Gasteiger partial charge in [0.1, 0.15) is 5.75 Å². The highest BCUT2D eigenvalue weighted by molar-refractivity contribution is 5.94. The van der Waals surface area contributed by atoms with Crippen LogP contribution in [0.25, 0.3) is 0 Å². The molecule has 0 bridgehead atoms. The topological polar surface area (TPSA) is 65.6 Å². The summed E-state index contributed by atoms with van der Waals surface area (Å²) in [6.07, 6.45) is 1.50. The highest BCUT2D eigenvalue weighted by atomic mass is 16.5. The lowest BCUT2D eigenvalue weighted by molar-refractivity contribution is 0.0746. The highest BCUT2D eigenvalue weighted by Crippen LogP contribution is 2.28. The van der Waals surface area contributed by atoms with Crippen molar-refractivity contribution in [3.63, 3.8) is 0 Å². The number of rotatable bonds is 3. The first-order valence-electron chi connectivity index (χ1n) is 7.55. The number of aromatic amines is 1. The number of aromatic nitrogens is 1. The number of benzene rings is 1. The quantitative estimate of drug-likeness (QED) is 0.929. The summed E-state index contributed by atoms with van der Waals surface area (Å²) in [5.74, 6) is 0.734. The molecule has 0 saturated carbocycles. The summed E-state index contributed by atoms with van der Waals surface area (Å²) in [6, 6.07) is 10.8. The molecule has 1 fully saturated rings. The van der Waals surface area contributed by atoms with Gasteiger partial charge < -0.3 is 19.5 Å². The van der Waals surface area contributed by atoms with Crippen LogP contribution in [0.1, 0.15) is 10.4 Å². The SMILES string of the molecule is COc1ccccc1N1CCN(C(=O)c2cc[nH]c(=O)c2)CC1. The van der Waals surface area contributed by atoms with Crippen LogP contribution in [0.2, 0.25) is 0 Å². The smallest absolute Gasteiger partial charge is 0.254 e. The number of para-hydroxylation sites is 2. The molecule has 3 rings (SSSR count). The van der Waals surface area contributed by atoms with E-state index >= 15 is 0 Å². The van der Waals surface area contributed by atoms with Gasteiger partial charge in [0, 0.05) is 44.0 Å². The lowest BCUT2D eigenvalue weighted by Gasteiger charge is -2.36. The molecule has 1 saturated heterocycles.